The molecule has 0 fully saturated rings. The minimum atomic E-state index is -0.482. The van der Waals surface area contributed by atoms with Gasteiger partial charge in [0.05, 0.1) is 19.4 Å². The minimum absolute atomic E-state index is 0.369. The third kappa shape index (κ3) is 4.95. The second kappa shape index (κ2) is 7.79. The Hall–Kier alpha value is -1.42. The molecule has 0 atom stereocenters. The highest BCUT2D eigenvalue weighted by atomic mass is 35.5. The molecule has 1 aromatic rings. The van der Waals surface area contributed by atoms with Crippen LogP contribution in [0.3, 0.4) is 0 Å². The number of nitrogens with one attached hydrogen (secondary N) is 1. The van der Waals surface area contributed by atoms with Crippen LogP contribution in [0.4, 0.5) is 10.5 Å². The zero-order valence-electron chi connectivity index (χ0n) is 9.74. The van der Waals surface area contributed by atoms with Gasteiger partial charge in [0.2, 0.25) is 0 Å². The van der Waals surface area contributed by atoms with Crippen LogP contribution in [-0.2, 0) is 4.74 Å². The third-order valence-corrected chi connectivity index (χ3v) is 2.37. The number of halogens is 1. The zero-order valence-corrected chi connectivity index (χ0v) is 10.5. The first kappa shape index (κ1) is 13.6. The number of unbranched alkanes of at least 4 members (excludes halogenated alkanes) is 1. The van der Waals surface area contributed by atoms with E-state index in [4.69, 9.17) is 21.1 Å². The van der Waals surface area contributed by atoms with Gasteiger partial charge in [0.15, 0.2) is 0 Å². The number of hydrogen-bond acceptors (Lipinski definition) is 3. The third-order valence-electron chi connectivity index (χ3n) is 2.10. The molecule has 0 heterocycles. The van der Waals surface area contributed by atoms with E-state index in [0.717, 1.165) is 12.8 Å². The van der Waals surface area contributed by atoms with Gasteiger partial charge < -0.3 is 9.47 Å². The SMILES string of the molecule is COc1ccccc1NC(=O)OCCCCCl. The number of carbonyl (C=O) groups excluding carboxylic acids is 1. The van der Waals surface area contributed by atoms with Crippen molar-refractivity contribution in [1.82, 2.24) is 0 Å². The summed E-state index contributed by atoms with van der Waals surface area (Å²) >= 11 is 5.51. The summed E-state index contributed by atoms with van der Waals surface area (Å²) in [5.41, 5.74) is 0.595. The topological polar surface area (TPSA) is 47.6 Å². The molecule has 5 heteroatoms. The van der Waals surface area contributed by atoms with Gasteiger partial charge in [0, 0.05) is 5.88 Å². The molecule has 4 nitrogen and oxygen atoms in total. The van der Waals surface area contributed by atoms with Crippen LogP contribution in [-0.4, -0.2) is 25.7 Å². The zero-order chi connectivity index (χ0) is 12.5. The van der Waals surface area contributed by atoms with E-state index in [-0.39, 0.29) is 0 Å². The van der Waals surface area contributed by atoms with Gasteiger partial charge in [-0.3, -0.25) is 5.32 Å². The Kier molecular flexibility index (Phi) is 6.25. The summed E-state index contributed by atoms with van der Waals surface area (Å²) in [6.45, 7) is 0.369. The number of carbonyl (C=O) groups is 1. The maximum absolute atomic E-state index is 11.4. The van der Waals surface area contributed by atoms with E-state index in [1.165, 1.54) is 0 Å². The fourth-order valence-corrected chi connectivity index (χ4v) is 1.44. The lowest BCUT2D eigenvalue weighted by molar-refractivity contribution is 0.160. The molecular formula is C12H16ClNO3. The molecule has 0 aliphatic heterocycles. The molecule has 0 aliphatic rings. The largest absolute Gasteiger partial charge is 0.495 e. The molecule has 0 bridgehead atoms. The van der Waals surface area contributed by atoms with E-state index in [1.54, 1.807) is 19.2 Å². The van der Waals surface area contributed by atoms with Crippen LogP contribution in [0.15, 0.2) is 24.3 Å². The summed E-state index contributed by atoms with van der Waals surface area (Å²) in [4.78, 5) is 11.4. The van der Waals surface area contributed by atoms with Crippen molar-refractivity contribution in [3.8, 4) is 5.75 Å². The number of alkyl halides is 1. The first-order valence-electron chi connectivity index (χ1n) is 5.40. The fraction of sp³-hybridized carbons (Fsp3) is 0.417. The fourth-order valence-electron chi connectivity index (χ4n) is 1.26. The van der Waals surface area contributed by atoms with E-state index in [0.29, 0.717) is 23.9 Å². The molecule has 0 unspecified atom stereocenters. The number of anilines is 1. The number of para-hydroxylation sites is 2. The predicted octanol–water partition coefficient (Wildman–Crippen LogP) is 3.26. The van der Waals surface area contributed by atoms with Crippen LogP contribution in [0.2, 0.25) is 0 Å². The van der Waals surface area contributed by atoms with Crippen molar-refractivity contribution in [2.24, 2.45) is 0 Å². The second-order valence-corrected chi connectivity index (χ2v) is 3.74. The smallest absolute Gasteiger partial charge is 0.411 e. The van der Waals surface area contributed by atoms with Crippen LogP contribution in [0.25, 0.3) is 0 Å². The number of hydrogen-bond donors (Lipinski definition) is 1. The maximum atomic E-state index is 11.4. The molecule has 17 heavy (non-hydrogen) atoms. The average molecular weight is 258 g/mol. The van der Waals surface area contributed by atoms with Crippen molar-refractivity contribution in [2.75, 3.05) is 24.9 Å². The lowest BCUT2D eigenvalue weighted by Gasteiger charge is -2.09. The average Bonchev–Trinajstić information content (AvgIpc) is 2.35. The summed E-state index contributed by atoms with van der Waals surface area (Å²) in [5, 5.41) is 2.62. The van der Waals surface area contributed by atoms with Gasteiger partial charge in [0.25, 0.3) is 0 Å². The molecule has 1 rings (SSSR count). The van der Waals surface area contributed by atoms with Crippen LogP contribution in [0.1, 0.15) is 12.8 Å². The monoisotopic (exact) mass is 257 g/mol. The van der Waals surface area contributed by atoms with Gasteiger partial charge in [0.1, 0.15) is 5.75 Å². The van der Waals surface area contributed by atoms with E-state index in [2.05, 4.69) is 5.32 Å². The van der Waals surface area contributed by atoms with Gasteiger partial charge in [-0.1, -0.05) is 12.1 Å². The van der Waals surface area contributed by atoms with Gasteiger partial charge in [-0.15, -0.1) is 11.6 Å². The van der Waals surface area contributed by atoms with Crippen molar-refractivity contribution in [3.05, 3.63) is 24.3 Å². The Morgan fingerprint density at radius 3 is 2.82 bits per heavy atom. The van der Waals surface area contributed by atoms with Gasteiger partial charge in [-0.25, -0.2) is 4.79 Å². The summed E-state index contributed by atoms with van der Waals surface area (Å²) in [6.07, 6.45) is 1.12. The number of rotatable bonds is 6. The number of benzene rings is 1. The Bertz CT molecular complexity index is 357. The van der Waals surface area contributed by atoms with Crippen LogP contribution in [0, 0.1) is 0 Å². The molecule has 0 saturated carbocycles. The van der Waals surface area contributed by atoms with Gasteiger partial charge in [-0.05, 0) is 25.0 Å². The Morgan fingerprint density at radius 1 is 1.35 bits per heavy atom. The van der Waals surface area contributed by atoms with E-state index in [1.807, 2.05) is 12.1 Å². The quantitative estimate of drug-likeness (QED) is 0.629. The molecule has 0 radical (unpaired) electrons. The summed E-state index contributed by atoms with van der Waals surface area (Å²) in [6, 6.07) is 7.16. The van der Waals surface area contributed by atoms with Gasteiger partial charge >= 0.3 is 6.09 Å². The molecule has 94 valence electrons. The van der Waals surface area contributed by atoms with Crippen molar-refractivity contribution in [3.63, 3.8) is 0 Å². The van der Waals surface area contributed by atoms with Crippen LogP contribution in [0.5, 0.6) is 5.75 Å². The lowest BCUT2D eigenvalue weighted by Crippen LogP contribution is -2.15. The standard InChI is InChI=1S/C12H16ClNO3/c1-16-11-7-3-2-6-10(11)14-12(15)17-9-5-4-8-13/h2-3,6-7H,4-5,8-9H2,1H3,(H,14,15). The lowest BCUT2D eigenvalue weighted by atomic mass is 10.3. The summed E-state index contributed by atoms with van der Waals surface area (Å²) in [7, 11) is 1.55. The molecule has 0 saturated heterocycles. The highest BCUT2D eigenvalue weighted by Crippen LogP contribution is 2.22. The Morgan fingerprint density at radius 2 is 2.12 bits per heavy atom. The molecule has 0 aromatic heterocycles. The maximum Gasteiger partial charge on any atom is 0.411 e. The van der Waals surface area contributed by atoms with Crippen molar-refractivity contribution < 1.29 is 14.3 Å². The van der Waals surface area contributed by atoms with E-state index >= 15 is 0 Å². The van der Waals surface area contributed by atoms with Crippen molar-refractivity contribution >= 4 is 23.4 Å². The Labute approximate surface area is 106 Å². The van der Waals surface area contributed by atoms with Crippen molar-refractivity contribution in [1.29, 1.82) is 0 Å². The first-order chi connectivity index (χ1) is 8.27. The van der Waals surface area contributed by atoms with Crippen LogP contribution >= 0.6 is 11.6 Å². The number of methoxy groups -OCH3 is 1. The molecule has 0 spiro atoms. The minimum Gasteiger partial charge on any atom is -0.495 e. The van der Waals surface area contributed by atoms with Crippen LogP contribution < -0.4 is 10.1 Å². The van der Waals surface area contributed by atoms with E-state index in [9.17, 15) is 4.79 Å². The first-order valence-corrected chi connectivity index (χ1v) is 5.94. The molecular weight excluding hydrogens is 242 g/mol. The molecule has 1 N–H and O–H groups in total. The molecule has 1 aromatic carbocycles. The highest BCUT2D eigenvalue weighted by molar-refractivity contribution is 6.17. The Balaban J connectivity index is 2.39. The summed E-state index contributed by atoms with van der Waals surface area (Å²) in [5.74, 6) is 1.18. The van der Waals surface area contributed by atoms with Crippen molar-refractivity contribution in [2.45, 2.75) is 12.8 Å². The number of amides is 1. The van der Waals surface area contributed by atoms with E-state index < -0.39 is 6.09 Å². The second-order valence-electron chi connectivity index (χ2n) is 3.36. The highest BCUT2D eigenvalue weighted by Gasteiger charge is 2.06. The molecule has 1 amide bonds. The number of ether oxygens (including phenoxy) is 2. The van der Waals surface area contributed by atoms with Gasteiger partial charge in [-0.2, -0.15) is 0 Å². The predicted molar refractivity (Wildman–Crippen MR) is 67.9 cm³/mol. The summed E-state index contributed by atoms with van der Waals surface area (Å²) < 4.78 is 10.1. The normalized spacial score (nSPS) is 9.76. The molecule has 0 aliphatic carbocycles.